The number of amides is 1. The lowest BCUT2D eigenvalue weighted by Gasteiger charge is -2.26. The minimum Gasteiger partial charge on any atom is -0.379 e. The normalized spacial score (nSPS) is 18.3. The lowest BCUT2D eigenvalue weighted by Crippen LogP contribution is -2.39. The molecule has 2 aliphatic heterocycles. The van der Waals surface area contributed by atoms with E-state index < -0.39 is 0 Å². The van der Waals surface area contributed by atoms with Crippen molar-refractivity contribution >= 4 is 11.9 Å². The van der Waals surface area contributed by atoms with Gasteiger partial charge in [-0.3, -0.25) is 9.69 Å². The van der Waals surface area contributed by atoms with Crippen molar-refractivity contribution in [3.8, 4) is 0 Å². The number of nitrogens with zero attached hydrogens (tertiary/aromatic N) is 3. The summed E-state index contributed by atoms with van der Waals surface area (Å²) in [7, 11) is 0. The lowest BCUT2D eigenvalue weighted by atomic mass is 10.1. The first kappa shape index (κ1) is 21.6. The van der Waals surface area contributed by atoms with Crippen LogP contribution in [-0.2, 0) is 22.6 Å². The van der Waals surface area contributed by atoms with E-state index in [0.717, 1.165) is 77.8 Å². The predicted molar refractivity (Wildman–Crippen MR) is 116 cm³/mol. The van der Waals surface area contributed by atoms with Gasteiger partial charge in [0.05, 0.1) is 19.8 Å². The maximum absolute atomic E-state index is 11.7. The monoisotopic (exact) mass is 401 g/mol. The first-order valence-corrected chi connectivity index (χ1v) is 10.9. The quantitative estimate of drug-likeness (QED) is 0.374. The van der Waals surface area contributed by atoms with E-state index in [9.17, 15) is 4.79 Å². The summed E-state index contributed by atoms with van der Waals surface area (Å²) >= 11 is 0. The molecule has 0 atom stereocenters. The molecule has 7 heteroatoms. The number of rotatable bonds is 9. The first-order chi connectivity index (χ1) is 14.2. The molecular weight excluding hydrogens is 366 g/mol. The van der Waals surface area contributed by atoms with E-state index in [1.165, 1.54) is 11.1 Å². The minimum atomic E-state index is 0.294. The molecule has 2 N–H and O–H groups in total. The first-order valence-electron chi connectivity index (χ1n) is 10.9. The van der Waals surface area contributed by atoms with Crippen LogP contribution >= 0.6 is 0 Å². The average Bonchev–Trinajstić information content (AvgIpc) is 3.16. The Morgan fingerprint density at radius 2 is 1.86 bits per heavy atom. The van der Waals surface area contributed by atoms with Gasteiger partial charge in [0.2, 0.25) is 5.91 Å². The number of carbonyl (C=O) groups is 1. The van der Waals surface area contributed by atoms with Crippen LogP contribution in [0.5, 0.6) is 0 Å². The van der Waals surface area contributed by atoms with Crippen molar-refractivity contribution in [3.63, 3.8) is 0 Å². The van der Waals surface area contributed by atoms with Gasteiger partial charge in [0.1, 0.15) is 0 Å². The third kappa shape index (κ3) is 7.33. The zero-order valence-electron chi connectivity index (χ0n) is 17.7. The number of hydrogen-bond donors (Lipinski definition) is 2. The zero-order chi connectivity index (χ0) is 20.3. The number of aliphatic imine (C=N–C) groups is 1. The molecule has 2 saturated heterocycles. The van der Waals surface area contributed by atoms with Gasteiger partial charge in [-0.15, -0.1) is 0 Å². The summed E-state index contributed by atoms with van der Waals surface area (Å²) in [6, 6.07) is 8.74. The molecule has 3 rings (SSSR count). The fourth-order valence-electron chi connectivity index (χ4n) is 3.70. The van der Waals surface area contributed by atoms with E-state index in [1.807, 2.05) is 4.90 Å². The largest absolute Gasteiger partial charge is 0.379 e. The number of nitrogens with one attached hydrogen (secondary N) is 2. The molecule has 29 heavy (non-hydrogen) atoms. The second-order valence-electron chi connectivity index (χ2n) is 7.66. The third-order valence-corrected chi connectivity index (χ3v) is 5.37. The van der Waals surface area contributed by atoms with E-state index in [2.05, 4.69) is 46.7 Å². The fourth-order valence-corrected chi connectivity index (χ4v) is 3.70. The maximum Gasteiger partial charge on any atom is 0.222 e. The molecule has 2 fully saturated rings. The smallest absolute Gasteiger partial charge is 0.222 e. The van der Waals surface area contributed by atoms with Crippen molar-refractivity contribution < 1.29 is 9.53 Å². The standard InChI is InChI=1S/C22H35N5O2/c1-2-23-22(24-10-4-12-27-11-3-5-21(27)28)25-17-19-6-8-20(9-7-19)18-26-13-15-29-16-14-26/h6-9H,2-5,10-18H2,1H3,(H2,23,24,25). The summed E-state index contributed by atoms with van der Waals surface area (Å²) in [6.07, 6.45) is 2.65. The Bertz CT molecular complexity index is 656. The summed E-state index contributed by atoms with van der Waals surface area (Å²) in [5, 5.41) is 6.67. The summed E-state index contributed by atoms with van der Waals surface area (Å²) in [5.41, 5.74) is 2.54. The molecule has 7 nitrogen and oxygen atoms in total. The number of hydrogen-bond acceptors (Lipinski definition) is 4. The predicted octanol–water partition coefficient (Wildman–Crippen LogP) is 1.59. The Hall–Kier alpha value is -2.12. The van der Waals surface area contributed by atoms with Crippen LogP contribution < -0.4 is 10.6 Å². The van der Waals surface area contributed by atoms with Gasteiger partial charge in [-0.2, -0.15) is 0 Å². The van der Waals surface area contributed by atoms with Crippen LogP contribution in [0.15, 0.2) is 29.3 Å². The molecule has 0 aromatic heterocycles. The van der Waals surface area contributed by atoms with E-state index in [1.54, 1.807) is 0 Å². The molecule has 2 aliphatic rings. The molecule has 2 heterocycles. The van der Waals surface area contributed by atoms with E-state index in [-0.39, 0.29) is 0 Å². The van der Waals surface area contributed by atoms with Crippen molar-refractivity contribution in [2.24, 2.45) is 4.99 Å². The molecule has 0 aliphatic carbocycles. The molecule has 0 saturated carbocycles. The average molecular weight is 402 g/mol. The van der Waals surface area contributed by atoms with Crippen LogP contribution in [0, 0.1) is 0 Å². The number of benzene rings is 1. The molecule has 160 valence electrons. The van der Waals surface area contributed by atoms with Gasteiger partial charge >= 0.3 is 0 Å². The Morgan fingerprint density at radius 1 is 1.10 bits per heavy atom. The SMILES string of the molecule is CCNC(=NCc1ccc(CN2CCOCC2)cc1)NCCCN1CCCC1=O. The molecule has 1 amide bonds. The highest BCUT2D eigenvalue weighted by atomic mass is 16.5. The minimum absolute atomic E-state index is 0.294. The van der Waals surface area contributed by atoms with Gasteiger partial charge in [0.25, 0.3) is 0 Å². The molecule has 1 aromatic carbocycles. The number of carbonyl (C=O) groups excluding carboxylic acids is 1. The van der Waals surface area contributed by atoms with Gasteiger partial charge in [0.15, 0.2) is 5.96 Å². The van der Waals surface area contributed by atoms with Gasteiger partial charge < -0.3 is 20.3 Å². The Kier molecular flexibility index (Phi) is 8.77. The van der Waals surface area contributed by atoms with E-state index >= 15 is 0 Å². The highest BCUT2D eigenvalue weighted by molar-refractivity contribution is 5.79. The Morgan fingerprint density at radius 3 is 2.55 bits per heavy atom. The van der Waals surface area contributed by atoms with Crippen molar-refractivity contribution in [2.45, 2.75) is 39.3 Å². The molecular formula is C22H35N5O2. The maximum atomic E-state index is 11.7. The molecule has 0 unspecified atom stereocenters. The van der Waals surface area contributed by atoms with Crippen LogP contribution in [0.1, 0.15) is 37.3 Å². The second kappa shape index (κ2) is 11.8. The number of likely N-dealkylation sites (tertiary alicyclic amines) is 1. The number of ether oxygens (including phenoxy) is 1. The molecule has 1 aromatic rings. The van der Waals surface area contributed by atoms with Crippen molar-refractivity contribution in [3.05, 3.63) is 35.4 Å². The van der Waals surface area contributed by atoms with Crippen molar-refractivity contribution in [1.29, 1.82) is 0 Å². The van der Waals surface area contributed by atoms with Gasteiger partial charge in [-0.25, -0.2) is 4.99 Å². The zero-order valence-corrected chi connectivity index (χ0v) is 17.7. The summed E-state index contributed by atoms with van der Waals surface area (Å²) < 4.78 is 5.41. The van der Waals surface area contributed by atoms with Gasteiger partial charge in [-0.1, -0.05) is 24.3 Å². The fraction of sp³-hybridized carbons (Fsp3) is 0.636. The van der Waals surface area contributed by atoms with E-state index in [0.29, 0.717) is 18.9 Å². The summed E-state index contributed by atoms with van der Waals surface area (Å²) in [6.45, 7) is 10.8. The van der Waals surface area contributed by atoms with Crippen LogP contribution in [-0.4, -0.2) is 74.1 Å². The van der Waals surface area contributed by atoms with Crippen molar-refractivity contribution in [2.75, 3.05) is 52.5 Å². The van der Waals surface area contributed by atoms with Crippen LogP contribution in [0.4, 0.5) is 0 Å². The highest BCUT2D eigenvalue weighted by Crippen LogP contribution is 2.11. The van der Waals surface area contributed by atoms with Crippen LogP contribution in [0.25, 0.3) is 0 Å². The lowest BCUT2D eigenvalue weighted by molar-refractivity contribution is -0.127. The molecule has 0 bridgehead atoms. The summed E-state index contributed by atoms with van der Waals surface area (Å²) in [4.78, 5) is 20.8. The summed E-state index contributed by atoms with van der Waals surface area (Å²) in [5.74, 6) is 1.13. The topological polar surface area (TPSA) is 69.2 Å². The number of guanidine groups is 1. The Balaban J connectivity index is 1.41. The van der Waals surface area contributed by atoms with Crippen LogP contribution in [0.3, 0.4) is 0 Å². The van der Waals surface area contributed by atoms with Gasteiger partial charge in [-0.05, 0) is 30.9 Å². The van der Waals surface area contributed by atoms with E-state index in [4.69, 9.17) is 9.73 Å². The van der Waals surface area contributed by atoms with Crippen molar-refractivity contribution in [1.82, 2.24) is 20.4 Å². The molecule has 0 radical (unpaired) electrons. The third-order valence-electron chi connectivity index (χ3n) is 5.37. The molecule has 0 spiro atoms. The second-order valence-corrected chi connectivity index (χ2v) is 7.66. The van der Waals surface area contributed by atoms with Crippen LogP contribution in [0.2, 0.25) is 0 Å². The highest BCUT2D eigenvalue weighted by Gasteiger charge is 2.18. The number of morpholine rings is 1. The van der Waals surface area contributed by atoms with Gasteiger partial charge in [0, 0.05) is 52.2 Å². The Labute approximate surface area is 174 Å².